The van der Waals surface area contributed by atoms with Crippen LogP contribution in [0, 0.1) is 5.92 Å². The van der Waals surface area contributed by atoms with Crippen molar-refractivity contribution in [1.29, 1.82) is 0 Å². The molecule has 34 heavy (non-hydrogen) atoms. The predicted molar refractivity (Wildman–Crippen MR) is 129 cm³/mol. The third-order valence-corrected chi connectivity index (χ3v) is 6.65. The van der Waals surface area contributed by atoms with Crippen LogP contribution in [0.2, 0.25) is 0 Å². The number of rotatable bonds is 5. The summed E-state index contributed by atoms with van der Waals surface area (Å²) < 4.78 is 5.71. The van der Waals surface area contributed by atoms with E-state index < -0.39 is 17.8 Å². The molecule has 1 N–H and O–H groups in total. The summed E-state index contributed by atoms with van der Waals surface area (Å²) in [6.07, 6.45) is 4.47. The molecule has 2 aromatic carbocycles. The maximum absolute atomic E-state index is 13.6. The Hall–Kier alpha value is -3.99. The van der Waals surface area contributed by atoms with Crippen molar-refractivity contribution >= 4 is 11.8 Å². The molecule has 3 atom stereocenters. The molecule has 0 radical (unpaired) electrons. The number of aromatic nitrogens is 1. The third-order valence-electron chi connectivity index (χ3n) is 6.65. The number of carbonyl (C=O) groups is 2. The summed E-state index contributed by atoms with van der Waals surface area (Å²) in [5.74, 6) is -1.42. The third kappa shape index (κ3) is 4.29. The van der Waals surface area contributed by atoms with E-state index in [9.17, 15) is 9.59 Å². The normalized spacial score (nSPS) is 22.1. The van der Waals surface area contributed by atoms with E-state index in [0.717, 1.165) is 22.4 Å². The number of nitrogens with zero attached hydrogens (tertiary/aromatic N) is 1. The maximum Gasteiger partial charge on any atom is 0.316 e. The van der Waals surface area contributed by atoms with E-state index in [0.29, 0.717) is 24.1 Å². The van der Waals surface area contributed by atoms with Crippen LogP contribution in [0.5, 0.6) is 0 Å². The summed E-state index contributed by atoms with van der Waals surface area (Å²) >= 11 is 0. The zero-order valence-electron chi connectivity index (χ0n) is 18.8. The first-order valence-electron chi connectivity index (χ1n) is 11.5. The number of nitrogens with one attached hydrogen (secondary N) is 1. The first-order chi connectivity index (χ1) is 16.6. The van der Waals surface area contributed by atoms with E-state index in [-0.39, 0.29) is 18.3 Å². The molecule has 0 saturated carbocycles. The molecule has 0 fully saturated rings. The Labute approximate surface area is 199 Å². The highest BCUT2D eigenvalue weighted by Crippen LogP contribution is 2.47. The minimum atomic E-state index is -0.706. The monoisotopic (exact) mass is 450 g/mol. The predicted octanol–water partition coefficient (Wildman–Crippen LogP) is 5.04. The van der Waals surface area contributed by atoms with Crippen molar-refractivity contribution in [2.45, 2.75) is 31.3 Å². The average molecular weight is 451 g/mol. The zero-order valence-corrected chi connectivity index (χ0v) is 18.8. The lowest BCUT2D eigenvalue weighted by Crippen LogP contribution is -2.42. The number of benzene rings is 2. The number of esters is 1. The molecule has 170 valence electrons. The van der Waals surface area contributed by atoms with Gasteiger partial charge in [-0.25, -0.2) is 0 Å². The lowest BCUT2D eigenvalue weighted by molar-refractivity contribution is -0.149. The van der Waals surface area contributed by atoms with Crippen LogP contribution in [0.25, 0.3) is 0 Å². The van der Waals surface area contributed by atoms with Crippen LogP contribution in [-0.4, -0.2) is 16.7 Å². The number of hydrogen-bond donors (Lipinski definition) is 1. The molecule has 1 aliphatic carbocycles. The van der Waals surface area contributed by atoms with Crippen LogP contribution in [0.1, 0.15) is 41.4 Å². The molecule has 0 bridgehead atoms. The molecule has 0 saturated heterocycles. The van der Waals surface area contributed by atoms with Gasteiger partial charge in [0.1, 0.15) is 12.5 Å². The summed E-state index contributed by atoms with van der Waals surface area (Å²) in [4.78, 5) is 31.0. The van der Waals surface area contributed by atoms with Gasteiger partial charge in [-0.2, -0.15) is 0 Å². The van der Waals surface area contributed by atoms with Gasteiger partial charge >= 0.3 is 5.97 Å². The highest BCUT2D eigenvalue weighted by atomic mass is 16.5. The number of Topliss-reactive ketones (excluding diaryl/α,β-unsaturated/α-hetero) is 1. The standard InChI is InChI=1S/C29H26N2O3/c1-19-26(29(33)34-18-20-8-4-2-5-9-20)27(22-12-14-30-15-13-22)28-24(31-19)16-23(17-25(28)32)21-10-6-3-7-11-21/h2-15,23,26-27,31H,1,16-18H2. The van der Waals surface area contributed by atoms with Crippen molar-refractivity contribution in [2.24, 2.45) is 5.92 Å². The van der Waals surface area contributed by atoms with Gasteiger partial charge in [0, 0.05) is 41.7 Å². The van der Waals surface area contributed by atoms with Gasteiger partial charge < -0.3 is 10.1 Å². The van der Waals surface area contributed by atoms with Crippen LogP contribution in [0.3, 0.4) is 0 Å². The van der Waals surface area contributed by atoms with E-state index in [2.05, 4.69) is 29.0 Å². The molecule has 3 aromatic rings. The second kappa shape index (κ2) is 9.48. The van der Waals surface area contributed by atoms with E-state index in [1.807, 2.05) is 60.7 Å². The van der Waals surface area contributed by atoms with Crippen molar-refractivity contribution in [2.75, 3.05) is 0 Å². The minimum Gasteiger partial charge on any atom is -0.460 e. The Kier molecular flexibility index (Phi) is 6.09. The summed E-state index contributed by atoms with van der Waals surface area (Å²) in [5.41, 5.74) is 4.97. The number of hydrogen-bond acceptors (Lipinski definition) is 5. The number of allylic oxidation sites excluding steroid dienone is 2. The number of ether oxygens (including phenoxy) is 1. The fourth-order valence-corrected chi connectivity index (χ4v) is 5.04. The Bertz CT molecular complexity index is 1240. The number of carbonyl (C=O) groups excluding carboxylic acids is 2. The molecule has 0 spiro atoms. The highest BCUT2D eigenvalue weighted by molar-refractivity contribution is 6.01. The number of ketones is 1. The molecule has 5 nitrogen and oxygen atoms in total. The SMILES string of the molecule is C=C1NC2=C(C(=O)CC(c3ccccc3)C2)C(c2ccncc2)C1C(=O)OCc1ccccc1. The first kappa shape index (κ1) is 21.8. The molecular weight excluding hydrogens is 424 g/mol. The molecular formula is C29H26N2O3. The lowest BCUT2D eigenvalue weighted by Gasteiger charge is -2.40. The summed E-state index contributed by atoms with van der Waals surface area (Å²) in [6, 6.07) is 23.4. The van der Waals surface area contributed by atoms with Crippen LogP contribution in [-0.2, 0) is 20.9 Å². The van der Waals surface area contributed by atoms with Gasteiger partial charge in [-0.1, -0.05) is 67.2 Å². The summed E-state index contributed by atoms with van der Waals surface area (Å²) in [7, 11) is 0. The van der Waals surface area contributed by atoms with Crippen molar-refractivity contribution in [3.8, 4) is 0 Å². The average Bonchev–Trinajstić information content (AvgIpc) is 2.88. The largest absolute Gasteiger partial charge is 0.460 e. The van der Waals surface area contributed by atoms with Crippen LogP contribution < -0.4 is 5.32 Å². The van der Waals surface area contributed by atoms with Crippen LogP contribution >= 0.6 is 0 Å². The van der Waals surface area contributed by atoms with Crippen molar-refractivity contribution in [1.82, 2.24) is 10.3 Å². The Morgan fingerprint density at radius 3 is 2.32 bits per heavy atom. The highest BCUT2D eigenvalue weighted by Gasteiger charge is 2.45. The topological polar surface area (TPSA) is 68.3 Å². The second-order valence-electron chi connectivity index (χ2n) is 8.81. The van der Waals surface area contributed by atoms with Crippen molar-refractivity contribution < 1.29 is 14.3 Å². The van der Waals surface area contributed by atoms with Gasteiger partial charge in [0.05, 0.1) is 0 Å². The Balaban J connectivity index is 1.49. The molecule has 1 aromatic heterocycles. The molecule has 5 heteroatoms. The molecule has 2 aliphatic rings. The lowest BCUT2D eigenvalue weighted by atomic mass is 9.69. The Morgan fingerprint density at radius 1 is 0.941 bits per heavy atom. The maximum atomic E-state index is 13.6. The van der Waals surface area contributed by atoms with Crippen molar-refractivity contribution in [3.63, 3.8) is 0 Å². The van der Waals surface area contributed by atoms with Gasteiger partial charge in [0.15, 0.2) is 5.78 Å². The van der Waals surface area contributed by atoms with Crippen LogP contribution in [0.15, 0.2) is 109 Å². The number of pyridine rings is 1. The quantitative estimate of drug-likeness (QED) is 0.552. The van der Waals surface area contributed by atoms with Gasteiger partial charge in [0.25, 0.3) is 0 Å². The van der Waals surface area contributed by atoms with Gasteiger partial charge in [0.2, 0.25) is 0 Å². The first-order valence-corrected chi connectivity index (χ1v) is 11.5. The van der Waals surface area contributed by atoms with Gasteiger partial charge in [-0.3, -0.25) is 14.6 Å². The molecule has 0 amide bonds. The fraction of sp³-hybridized carbons (Fsp3) is 0.207. The molecule has 1 aliphatic heterocycles. The van der Waals surface area contributed by atoms with Gasteiger partial charge in [-0.05, 0) is 41.2 Å². The van der Waals surface area contributed by atoms with Crippen LogP contribution in [0.4, 0.5) is 0 Å². The minimum absolute atomic E-state index is 0.0535. The van der Waals surface area contributed by atoms with E-state index in [1.54, 1.807) is 12.4 Å². The molecule has 2 heterocycles. The molecule has 5 rings (SSSR count). The Morgan fingerprint density at radius 2 is 1.62 bits per heavy atom. The smallest absolute Gasteiger partial charge is 0.316 e. The molecule has 3 unspecified atom stereocenters. The van der Waals surface area contributed by atoms with E-state index in [4.69, 9.17) is 4.74 Å². The van der Waals surface area contributed by atoms with E-state index >= 15 is 0 Å². The van der Waals surface area contributed by atoms with E-state index in [1.165, 1.54) is 0 Å². The summed E-state index contributed by atoms with van der Waals surface area (Å²) in [6.45, 7) is 4.36. The fourth-order valence-electron chi connectivity index (χ4n) is 5.04. The second-order valence-corrected chi connectivity index (χ2v) is 8.81. The van der Waals surface area contributed by atoms with Crippen molar-refractivity contribution in [3.05, 3.63) is 125 Å². The summed E-state index contributed by atoms with van der Waals surface area (Å²) in [5, 5.41) is 3.33. The zero-order chi connectivity index (χ0) is 23.5. The van der Waals surface area contributed by atoms with Gasteiger partial charge in [-0.15, -0.1) is 0 Å².